The number of carboxylic acid groups (broad SMARTS) is 1. The molecule has 0 fully saturated rings. The van der Waals surface area contributed by atoms with Gasteiger partial charge in [-0.1, -0.05) is 29.4 Å². The maximum atomic E-state index is 10.6. The van der Waals surface area contributed by atoms with Crippen molar-refractivity contribution in [3.05, 3.63) is 45.7 Å². The minimum absolute atomic E-state index is 0.0565. The summed E-state index contributed by atoms with van der Waals surface area (Å²) in [5.74, 6) is -0.911. The molecule has 0 amide bonds. The standard InChI is InChI=1S/C14H12BrNO3S/c15-13-7-6-12(20-13)10-3-1-9(2-4-10)11(16-19)5-8-14(17)18/h1-4,6-7,19H,5,8H2,(H,17,18). The lowest BCUT2D eigenvalue weighted by molar-refractivity contribution is -0.136. The number of aliphatic carboxylic acids is 1. The van der Waals surface area contributed by atoms with Crippen LogP contribution < -0.4 is 0 Å². The highest BCUT2D eigenvalue weighted by Gasteiger charge is 2.08. The van der Waals surface area contributed by atoms with Gasteiger partial charge in [-0.25, -0.2) is 0 Å². The molecular formula is C14H12BrNO3S. The van der Waals surface area contributed by atoms with Crippen molar-refractivity contribution >= 4 is 38.9 Å². The lowest BCUT2D eigenvalue weighted by atomic mass is 10.0. The Balaban J connectivity index is 2.16. The zero-order valence-corrected chi connectivity index (χ0v) is 12.8. The Labute approximate surface area is 128 Å². The Bertz CT molecular complexity index is 634. The Hall–Kier alpha value is -1.66. The van der Waals surface area contributed by atoms with Crippen molar-refractivity contribution in [2.45, 2.75) is 12.8 Å². The van der Waals surface area contributed by atoms with Crippen LogP contribution in [0.25, 0.3) is 10.4 Å². The summed E-state index contributed by atoms with van der Waals surface area (Å²) in [6.07, 6.45) is 0.148. The van der Waals surface area contributed by atoms with Gasteiger partial charge in [0.15, 0.2) is 0 Å². The second-order valence-electron chi connectivity index (χ2n) is 4.12. The predicted octanol–water partition coefficient (Wildman–Crippen LogP) is 4.22. The van der Waals surface area contributed by atoms with Crippen molar-refractivity contribution in [3.8, 4) is 10.4 Å². The number of carboxylic acids is 1. The summed E-state index contributed by atoms with van der Waals surface area (Å²) in [5.41, 5.74) is 2.18. The van der Waals surface area contributed by atoms with Gasteiger partial charge in [0, 0.05) is 11.3 Å². The van der Waals surface area contributed by atoms with E-state index in [2.05, 4.69) is 21.1 Å². The summed E-state index contributed by atoms with van der Waals surface area (Å²) in [4.78, 5) is 11.7. The van der Waals surface area contributed by atoms with Crippen LogP contribution in [0.4, 0.5) is 0 Å². The molecule has 0 radical (unpaired) electrons. The lowest BCUT2D eigenvalue weighted by Gasteiger charge is -2.04. The van der Waals surface area contributed by atoms with Gasteiger partial charge in [0.2, 0.25) is 0 Å². The lowest BCUT2D eigenvalue weighted by Crippen LogP contribution is -2.05. The van der Waals surface area contributed by atoms with Crippen molar-refractivity contribution < 1.29 is 15.1 Å². The normalized spacial score (nSPS) is 11.6. The third-order valence-corrected chi connectivity index (χ3v) is 4.44. The highest BCUT2D eigenvalue weighted by molar-refractivity contribution is 9.11. The molecule has 0 aliphatic rings. The Morgan fingerprint density at radius 2 is 1.85 bits per heavy atom. The van der Waals surface area contributed by atoms with Gasteiger partial charge < -0.3 is 10.3 Å². The first kappa shape index (κ1) is 14.7. The van der Waals surface area contributed by atoms with Gasteiger partial charge in [-0.05, 0) is 39.2 Å². The van der Waals surface area contributed by atoms with Crippen LogP contribution in [-0.2, 0) is 4.79 Å². The molecule has 20 heavy (non-hydrogen) atoms. The molecule has 6 heteroatoms. The molecule has 4 nitrogen and oxygen atoms in total. The van der Waals surface area contributed by atoms with E-state index in [9.17, 15) is 4.79 Å². The molecule has 1 aromatic carbocycles. The zero-order chi connectivity index (χ0) is 14.5. The number of hydrogen-bond acceptors (Lipinski definition) is 4. The fraction of sp³-hybridized carbons (Fsp3) is 0.143. The van der Waals surface area contributed by atoms with Gasteiger partial charge in [-0.2, -0.15) is 0 Å². The molecule has 104 valence electrons. The zero-order valence-electron chi connectivity index (χ0n) is 10.4. The maximum absolute atomic E-state index is 10.6. The fourth-order valence-corrected chi connectivity index (χ4v) is 3.17. The van der Waals surface area contributed by atoms with E-state index in [-0.39, 0.29) is 12.8 Å². The first-order valence-corrected chi connectivity index (χ1v) is 7.50. The molecule has 0 aliphatic heterocycles. The molecule has 0 unspecified atom stereocenters. The summed E-state index contributed by atoms with van der Waals surface area (Å²) in [6, 6.07) is 11.5. The number of benzene rings is 1. The molecule has 0 aliphatic carbocycles. The maximum Gasteiger partial charge on any atom is 0.303 e. The van der Waals surface area contributed by atoms with Gasteiger partial charge in [0.25, 0.3) is 0 Å². The Morgan fingerprint density at radius 3 is 2.35 bits per heavy atom. The van der Waals surface area contributed by atoms with Crippen LogP contribution in [-0.4, -0.2) is 22.0 Å². The van der Waals surface area contributed by atoms with E-state index in [1.54, 1.807) is 11.3 Å². The van der Waals surface area contributed by atoms with E-state index < -0.39 is 5.97 Å². The first-order valence-electron chi connectivity index (χ1n) is 5.89. The van der Waals surface area contributed by atoms with Crippen LogP contribution in [0.1, 0.15) is 18.4 Å². The average Bonchev–Trinajstić information content (AvgIpc) is 2.86. The summed E-state index contributed by atoms with van der Waals surface area (Å²) >= 11 is 5.06. The molecule has 0 saturated heterocycles. The fourth-order valence-electron chi connectivity index (χ4n) is 1.77. The van der Waals surface area contributed by atoms with E-state index in [1.807, 2.05) is 36.4 Å². The van der Waals surface area contributed by atoms with Crippen molar-refractivity contribution in [2.75, 3.05) is 0 Å². The molecule has 0 saturated carbocycles. The molecule has 0 spiro atoms. The first-order chi connectivity index (χ1) is 9.60. The molecular weight excluding hydrogens is 342 g/mol. The molecule has 1 heterocycles. The largest absolute Gasteiger partial charge is 0.481 e. The monoisotopic (exact) mass is 353 g/mol. The van der Waals surface area contributed by atoms with Gasteiger partial charge in [-0.15, -0.1) is 11.3 Å². The topological polar surface area (TPSA) is 69.9 Å². The third-order valence-electron chi connectivity index (χ3n) is 2.77. The van der Waals surface area contributed by atoms with Crippen molar-refractivity contribution in [3.63, 3.8) is 0 Å². The number of oxime groups is 1. The number of carbonyl (C=O) groups is 1. The summed E-state index contributed by atoms with van der Waals surface area (Å²) in [6.45, 7) is 0. The minimum Gasteiger partial charge on any atom is -0.481 e. The van der Waals surface area contributed by atoms with Crippen LogP contribution in [0.5, 0.6) is 0 Å². The number of halogens is 1. The van der Waals surface area contributed by atoms with E-state index in [0.717, 1.165) is 19.8 Å². The van der Waals surface area contributed by atoms with Gasteiger partial charge in [0.05, 0.1) is 15.9 Å². The van der Waals surface area contributed by atoms with Gasteiger partial charge >= 0.3 is 5.97 Å². The summed E-state index contributed by atoms with van der Waals surface area (Å²) in [5, 5.41) is 20.8. The summed E-state index contributed by atoms with van der Waals surface area (Å²) < 4.78 is 1.07. The highest BCUT2D eigenvalue weighted by atomic mass is 79.9. The number of hydrogen-bond donors (Lipinski definition) is 2. The Morgan fingerprint density at radius 1 is 1.15 bits per heavy atom. The SMILES string of the molecule is O=C(O)CCC(=NO)c1ccc(-c2ccc(Br)s2)cc1. The van der Waals surface area contributed by atoms with E-state index in [1.165, 1.54) is 0 Å². The van der Waals surface area contributed by atoms with Crippen molar-refractivity contribution in [1.29, 1.82) is 0 Å². The number of thiophene rings is 1. The van der Waals surface area contributed by atoms with Gasteiger partial charge in [-0.3, -0.25) is 4.79 Å². The molecule has 2 N–H and O–H groups in total. The summed E-state index contributed by atoms with van der Waals surface area (Å²) in [7, 11) is 0. The van der Waals surface area contributed by atoms with Crippen LogP contribution in [0.2, 0.25) is 0 Å². The second-order valence-corrected chi connectivity index (χ2v) is 6.58. The molecule has 0 bridgehead atoms. The minimum atomic E-state index is -0.911. The number of nitrogens with zero attached hydrogens (tertiary/aromatic N) is 1. The highest BCUT2D eigenvalue weighted by Crippen LogP contribution is 2.31. The quantitative estimate of drug-likeness (QED) is 0.480. The molecule has 1 aromatic heterocycles. The average molecular weight is 354 g/mol. The molecule has 0 atom stereocenters. The van der Waals surface area contributed by atoms with Crippen LogP contribution in [0.15, 0.2) is 45.3 Å². The predicted molar refractivity (Wildman–Crippen MR) is 82.6 cm³/mol. The van der Waals surface area contributed by atoms with E-state index in [0.29, 0.717) is 5.71 Å². The Kier molecular flexibility index (Phi) is 4.92. The van der Waals surface area contributed by atoms with Crippen molar-refractivity contribution in [1.82, 2.24) is 0 Å². The molecule has 2 rings (SSSR count). The molecule has 2 aromatic rings. The smallest absolute Gasteiger partial charge is 0.303 e. The number of rotatable bonds is 5. The van der Waals surface area contributed by atoms with Crippen LogP contribution >= 0.6 is 27.3 Å². The van der Waals surface area contributed by atoms with E-state index >= 15 is 0 Å². The van der Waals surface area contributed by atoms with Crippen LogP contribution in [0, 0.1) is 0 Å². The van der Waals surface area contributed by atoms with Crippen molar-refractivity contribution in [2.24, 2.45) is 5.16 Å². The van der Waals surface area contributed by atoms with E-state index in [4.69, 9.17) is 10.3 Å². The van der Waals surface area contributed by atoms with Crippen LogP contribution in [0.3, 0.4) is 0 Å². The second kappa shape index (κ2) is 6.67. The third kappa shape index (κ3) is 3.68. The van der Waals surface area contributed by atoms with Gasteiger partial charge in [0.1, 0.15) is 0 Å².